The number of hydrogen-bond acceptors (Lipinski definition) is 5. The number of rotatable bonds is 4. The van der Waals surface area contributed by atoms with Gasteiger partial charge in [-0.15, -0.1) is 0 Å². The van der Waals surface area contributed by atoms with Crippen molar-refractivity contribution in [2.45, 2.75) is 18.9 Å². The van der Waals surface area contributed by atoms with Gasteiger partial charge < -0.3 is 9.42 Å². The zero-order valence-electron chi connectivity index (χ0n) is 13.6. The van der Waals surface area contributed by atoms with Crippen LogP contribution in [0.5, 0.6) is 0 Å². The van der Waals surface area contributed by atoms with Gasteiger partial charge in [-0.05, 0) is 18.2 Å². The van der Waals surface area contributed by atoms with Crippen molar-refractivity contribution < 1.29 is 18.1 Å². The molecular formula is C18H14F2N4O2. The van der Waals surface area contributed by atoms with Gasteiger partial charge in [0, 0.05) is 37.3 Å². The summed E-state index contributed by atoms with van der Waals surface area (Å²) in [5.74, 6) is -1.02. The number of pyridine rings is 1. The number of halogens is 2. The molecule has 1 saturated heterocycles. The lowest BCUT2D eigenvalue weighted by molar-refractivity contribution is -0.128. The highest BCUT2D eigenvalue weighted by Gasteiger charge is 2.34. The first-order valence-corrected chi connectivity index (χ1v) is 8.07. The number of amides is 1. The molecule has 1 aliphatic rings. The van der Waals surface area contributed by atoms with E-state index in [9.17, 15) is 13.6 Å². The van der Waals surface area contributed by atoms with E-state index in [1.54, 1.807) is 18.3 Å². The Labute approximate surface area is 147 Å². The van der Waals surface area contributed by atoms with Crippen LogP contribution < -0.4 is 0 Å². The first kappa shape index (κ1) is 16.3. The molecule has 1 aliphatic heterocycles. The maximum Gasteiger partial charge on any atom is 0.232 e. The summed E-state index contributed by atoms with van der Waals surface area (Å²) in [4.78, 5) is 22.2. The molecule has 4 rings (SSSR count). The monoisotopic (exact) mass is 356 g/mol. The molecule has 26 heavy (non-hydrogen) atoms. The predicted molar refractivity (Wildman–Crippen MR) is 86.7 cm³/mol. The highest BCUT2D eigenvalue weighted by Crippen LogP contribution is 2.29. The van der Waals surface area contributed by atoms with Gasteiger partial charge in [-0.1, -0.05) is 17.3 Å². The van der Waals surface area contributed by atoms with Gasteiger partial charge in [0.05, 0.1) is 5.92 Å². The van der Waals surface area contributed by atoms with Gasteiger partial charge in [-0.2, -0.15) is 4.98 Å². The topological polar surface area (TPSA) is 72.1 Å². The Kier molecular flexibility index (Phi) is 4.16. The summed E-state index contributed by atoms with van der Waals surface area (Å²) in [5, 5.41) is 3.91. The molecule has 2 aromatic heterocycles. The highest BCUT2D eigenvalue weighted by molar-refractivity contribution is 5.79. The molecule has 1 atom stereocenters. The fourth-order valence-corrected chi connectivity index (χ4v) is 2.95. The van der Waals surface area contributed by atoms with E-state index >= 15 is 0 Å². The van der Waals surface area contributed by atoms with E-state index < -0.39 is 11.6 Å². The minimum Gasteiger partial charge on any atom is -0.339 e. The van der Waals surface area contributed by atoms with E-state index in [0.717, 1.165) is 6.07 Å². The Morgan fingerprint density at radius 2 is 2.12 bits per heavy atom. The predicted octanol–water partition coefficient (Wildman–Crippen LogP) is 2.93. The van der Waals surface area contributed by atoms with Crippen molar-refractivity contribution in [1.29, 1.82) is 0 Å². The zero-order chi connectivity index (χ0) is 18.1. The average Bonchev–Trinajstić information content (AvgIpc) is 3.25. The normalized spacial score (nSPS) is 17.1. The lowest BCUT2D eigenvalue weighted by Gasteiger charge is -2.16. The van der Waals surface area contributed by atoms with Crippen LogP contribution >= 0.6 is 0 Å². The van der Waals surface area contributed by atoms with Crippen molar-refractivity contribution in [3.63, 3.8) is 0 Å². The van der Waals surface area contributed by atoms with Crippen LogP contribution in [0.25, 0.3) is 11.5 Å². The lowest BCUT2D eigenvalue weighted by Crippen LogP contribution is -2.25. The third-order valence-corrected chi connectivity index (χ3v) is 4.28. The Morgan fingerprint density at radius 1 is 1.23 bits per heavy atom. The van der Waals surface area contributed by atoms with Gasteiger partial charge >= 0.3 is 0 Å². The average molecular weight is 356 g/mol. The highest BCUT2D eigenvalue weighted by atomic mass is 19.1. The Bertz CT molecular complexity index is 945. The van der Waals surface area contributed by atoms with Crippen molar-refractivity contribution in [3.8, 4) is 11.5 Å². The minimum atomic E-state index is -0.670. The molecule has 3 aromatic rings. The number of nitrogens with zero attached hydrogens (tertiary/aromatic N) is 4. The second-order valence-electron chi connectivity index (χ2n) is 6.08. The molecule has 8 heteroatoms. The van der Waals surface area contributed by atoms with Crippen molar-refractivity contribution in [1.82, 2.24) is 20.0 Å². The molecule has 3 heterocycles. The van der Waals surface area contributed by atoms with Crippen LogP contribution in [0.15, 0.2) is 47.1 Å². The summed E-state index contributed by atoms with van der Waals surface area (Å²) in [6, 6.07) is 8.69. The second kappa shape index (κ2) is 6.62. The number of benzene rings is 1. The third kappa shape index (κ3) is 3.17. The third-order valence-electron chi connectivity index (χ3n) is 4.28. The van der Waals surface area contributed by atoms with Crippen LogP contribution in [-0.2, 0) is 11.3 Å². The molecule has 0 unspecified atom stereocenters. The Balaban J connectivity index is 1.49. The van der Waals surface area contributed by atoms with Gasteiger partial charge in [0.1, 0.15) is 17.3 Å². The van der Waals surface area contributed by atoms with Crippen LogP contribution in [0.2, 0.25) is 0 Å². The van der Waals surface area contributed by atoms with Gasteiger partial charge in [-0.25, -0.2) is 8.78 Å². The molecule has 1 fully saturated rings. The first-order chi connectivity index (χ1) is 12.6. The zero-order valence-corrected chi connectivity index (χ0v) is 13.6. The van der Waals surface area contributed by atoms with Crippen LogP contribution in [-0.4, -0.2) is 32.5 Å². The van der Waals surface area contributed by atoms with E-state index in [4.69, 9.17) is 4.52 Å². The van der Waals surface area contributed by atoms with Crippen LogP contribution in [0.4, 0.5) is 8.78 Å². The van der Waals surface area contributed by atoms with Gasteiger partial charge in [0.15, 0.2) is 0 Å². The van der Waals surface area contributed by atoms with Crippen molar-refractivity contribution >= 4 is 5.91 Å². The molecule has 0 bridgehead atoms. The summed E-state index contributed by atoms with van der Waals surface area (Å²) >= 11 is 0. The summed E-state index contributed by atoms with van der Waals surface area (Å²) in [5.41, 5.74) is 0.845. The van der Waals surface area contributed by atoms with Crippen molar-refractivity contribution in [2.24, 2.45) is 0 Å². The molecule has 1 aromatic carbocycles. The quantitative estimate of drug-likeness (QED) is 0.719. The van der Waals surface area contributed by atoms with Crippen molar-refractivity contribution in [2.75, 3.05) is 6.54 Å². The van der Waals surface area contributed by atoms with Gasteiger partial charge in [-0.3, -0.25) is 9.78 Å². The molecule has 0 aliphatic carbocycles. The van der Waals surface area contributed by atoms with E-state index in [-0.39, 0.29) is 30.4 Å². The van der Waals surface area contributed by atoms with Crippen LogP contribution in [0, 0.1) is 11.6 Å². The smallest absolute Gasteiger partial charge is 0.232 e. The van der Waals surface area contributed by atoms with E-state index in [1.165, 1.54) is 17.0 Å². The fraction of sp³-hybridized carbons (Fsp3) is 0.222. The number of carbonyl (C=O) groups is 1. The molecule has 1 amide bonds. The van der Waals surface area contributed by atoms with Crippen molar-refractivity contribution in [3.05, 3.63) is 65.7 Å². The number of aromatic nitrogens is 3. The molecule has 0 radical (unpaired) electrons. The number of hydrogen-bond donors (Lipinski definition) is 0. The Morgan fingerprint density at radius 3 is 2.88 bits per heavy atom. The molecule has 0 spiro atoms. The summed E-state index contributed by atoms with van der Waals surface area (Å²) in [6.45, 7) is 0.405. The second-order valence-corrected chi connectivity index (χ2v) is 6.08. The maximum absolute atomic E-state index is 13.8. The fourth-order valence-electron chi connectivity index (χ4n) is 2.95. The first-order valence-electron chi connectivity index (χ1n) is 8.07. The molecule has 0 saturated carbocycles. The molecule has 6 nitrogen and oxygen atoms in total. The van der Waals surface area contributed by atoms with Gasteiger partial charge in [0.2, 0.25) is 17.6 Å². The molecular weight excluding hydrogens is 342 g/mol. The molecule has 0 N–H and O–H groups in total. The summed E-state index contributed by atoms with van der Waals surface area (Å²) < 4.78 is 32.1. The van der Waals surface area contributed by atoms with E-state index in [0.29, 0.717) is 24.0 Å². The largest absolute Gasteiger partial charge is 0.339 e. The van der Waals surface area contributed by atoms with Crippen LogP contribution in [0.1, 0.15) is 23.8 Å². The SMILES string of the molecule is O=C1C[C@@H](c2nc(-c3ccccn3)no2)CN1Cc1ccc(F)cc1F. The molecule has 132 valence electrons. The van der Waals surface area contributed by atoms with E-state index in [1.807, 2.05) is 6.07 Å². The summed E-state index contributed by atoms with van der Waals surface area (Å²) in [6.07, 6.45) is 1.83. The standard InChI is InChI=1S/C18H14F2N4O2/c19-13-5-4-11(14(20)8-13)9-24-10-12(7-16(24)25)18-22-17(23-26-18)15-3-1-2-6-21-15/h1-6,8,12H,7,9-10H2/t12-/m1/s1. The minimum absolute atomic E-state index is 0.0721. The van der Waals surface area contributed by atoms with Crippen LogP contribution in [0.3, 0.4) is 0 Å². The Hall–Kier alpha value is -3.16. The van der Waals surface area contributed by atoms with Gasteiger partial charge in [0.25, 0.3) is 0 Å². The summed E-state index contributed by atoms with van der Waals surface area (Å²) in [7, 11) is 0. The maximum atomic E-state index is 13.8. The lowest BCUT2D eigenvalue weighted by atomic mass is 10.1. The number of carbonyl (C=O) groups excluding carboxylic acids is 1. The van der Waals surface area contributed by atoms with E-state index in [2.05, 4.69) is 15.1 Å². The number of likely N-dealkylation sites (tertiary alicyclic amines) is 1.